The van der Waals surface area contributed by atoms with E-state index in [4.69, 9.17) is 9.84 Å². The van der Waals surface area contributed by atoms with Crippen molar-refractivity contribution in [3.63, 3.8) is 0 Å². The Hall–Kier alpha value is -2.12. The number of hydrogen-bond acceptors (Lipinski definition) is 5. The van der Waals surface area contributed by atoms with Crippen LogP contribution in [0.2, 0.25) is 0 Å². The quantitative estimate of drug-likeness (QED) is 0.750. The number of carbonyl (C=O) groups is 3. The minimum absolute atomic E-state index is 0. The Labute approximate surface area is 158 Å². The Morgan fingerprint density at radius 2 is 1.81 bits per heavy atom. The molecule has 26 heavy (non-hydrogen) atoms. The van der Waals surface area contributed by atoms with E-state index in [2.05, 4.69) is 5.32 Å². The van der Waals surface area contributed by atoms with Crippen molar-refractivity contribution in [2.24, 2.45) is 0 Å². The van der Waals surface area contributed by atoms with Gasteiger partial charge in [-0.1, -0.05) is 12.1 Å². The molecule has 142 valence electrons. The maximum atomic E-state index is 11.7. The number of likely N-dealkylation sites (tertiary alicyclic amines) is 1. The summed E-state index contributed by atoms with van der Waals surface area (Å²) in [7, 11) is 0. The minimum atomic E-state index is -0.784. The number of hydrogen-bond donors (Lipinski definition) is 2. The molecule has 8 heteroatoms. The molecule has 0 saturated carbocycles. The fraction of sp³-hybridized carbons (Fsp3) is 0.500. The molecule has 2 N–H and O–H groups in total. The monoisotopic (exact) mass is 382 g/mol. The third-order valence-electron chi connectivity index (χ3n) is 4.76. The van der Waals surface area contributed by atoms with Crippen LogP contribution in [0.1, 0.15) is 37.2 Å². The molecule has 2 heterocycles. The number of carboxylic acid groups (broad SMARTS) is 1. The van der Waals surface area contributed by atoms with Crippen molar-refractivity contribution < 1.29 is 24.2 Å². The van der Waals surface area contributed by atoms with E-state index in [9.17, 15) is 14.4 Å². The summed E-state index contributed by atoms with van der Waals surface area (Å²) in [6.45, 7) is 1.67. The van der Waals surface area contributed by atoms with Gasteiger partial charge in [0.1, 0.15) is 5.75 Å². The molecule has 0 radical (unpaired) electrons. The number of benzene rings is 1. The molecule has 1 aromatic carbocycles. The van der Waals surface area contributed by atoms with Gasteiger partial charge in [-0.2, -0.15) is 0 Å². The lowest BCUT2D eigenvalue weighted by atomic mass is 9.89. The molecule has 2 aliphatic heterocycles. The molecule has 3 rings (SSSR count). The van der Waals surface area contributed by atoms with Crippen LogP contribution in [0, 0.1) is 0 Å². The number of carboxylic acids is 1. The zero-order valence-corrected chi connectivity index (χ0v) is 15.2. The van der Waals surface area contributed by atoms with E-state index in [0.29, 0.717) is 24.5 Å². The van der Waals surface area contributed by atoms with Gasteiger partial charge >= 0.3 is 5.97 Å². The summed E-state index contributed by atoms with van der Waals surface area (Å²) in [6, 6.07) is 7.70. The van der Waals surface area contributed by atoms with Crippen LogP contribution in [0.5, 0.6) is 5.75 Å². The smallest absolute Gasteiger partial charge is 0.317 e. The third kappa shape index (κ3) is 5.19. The fourth-order valence-corrected chi connectivity index (χ4v) is 3.38. The summed E-state index contributed by atoms with van der Waals surface area (Å²) in [6.07, 6.45) is 1.93. The van der Waals surface area contributed by atoms with Crippen molar-refractivity contribution in [3.05, 3.63) is 29.8 Å². The fourth-order valence-electron chi connectivity index (χ4n) is 3.38. The standard InChI is InChI=1S/C18H22N2O5.ClH/c21-16-6-5-15(18(24)19-16)25-14-3-1-12(2-4-14)13-7-9-20(10-8-13)11-17(22)23;/h1-4,13,15H,5-11H2,(H,22,23)(H,19,21,24);1H. The van der Waals surface area contributed by atoms with Gasteiger partial charge in [0.05, 0.1) is 6.54 Å². The maximum absolute atomic E-state index is 11.7. The van der Waals surface area contributed by atoms with Gasteiger partial charge in [-0.3, -0.25) is 24.6 Å². The average molecular weight is 383 g/mol. The van der Waals surface area contributed by atoms with Crippen LogP contribution in [-0.4, -0.2) is 53.5 Å². The number of carbonyl (C=O) groups excluding carboxylic acids is 2. The van der Waals surface area contributed by atoms with Crippen LogP contribution in [0.4, 0.5) is 0 Å². The molecule has 2 fully saturated rings. The summed E-state index contributed by atoms with van der Waals surface area (Å²) in [5, 5.41) is 11.1. The van der Waals surface area contributed by atoms with Crippen molar-refractivity contribution in [2.75, 3.05) is 19.6 Å². The first-order valence-corrected chi connectivity index (χ1v) is 8.56. The lowest BCUT2D eigenvalue weighted by molar-refractivity contribution is -0.139. The first kappa shape index (κ1) is 20.2. The molecule has 1 aromatic rings. The highest BCUT2D eigenvalue weighted by atomic mass is 35.5. The van der Waals surface area contributed by atoms with Gasteiger partial charge in [0.15, 0.2) is 6.10 Å². The van der Waals surface area contributed by atoms with Crippen LogP contribution in [0.25, 0.3) is 0 Å². The molecular weight excluding hydrogens is 360 g/mol. The normalized spacial score (nSPS) is 21.6. The van der Waals surface area contributed by atoms with Gasteiger partial charge in [0, 0.05) is 12.8 Å². The number of ether oxygens (including phenoxy) is 1. The summed E-state index contributed by atoms with van der Waals surface area (Å²) < 4.78 is 5.68. The Kier molecular flexibility index (Phi) is 6.99. The average Bonchev–Trinajstić information content (AvgIpc) is 2.58. The summed E-state index contributed by atoms with van der Waals surface area (Å²) >= 11 is 0. The van der Waals surface area contributed by atoms with Crippen LogP contribution in [0.15, 0.2) is 24.3 Å². The second-order valence-corrected chi connectivity index (χ2v) is 6.57. The van der Waals surface area contributed by atoms with Crippen molar-refractivity contribution in [1.82, 2.24) is 10.2 Å². The predicted octanol–water partition coefficient (Wildman–Crippen LogP) is 1.56. The van der Waals surface area contributed by atoms with E-state index in [-0.39, 0.29) is 30.8 Å². The molecule has 7 nitrogen and oxygen atoms in total. The summed E-state index contributed by atoms with van der Waals surface area (Å²) in [5.74, 6) is -0.398. The molecular formula is C18H23ClN2O5. The highest BCUT2D eigenvalue weighted by Crippen LogP contribution is 2.29. The summed E-state index contributed by atoms with van der Waals surface area (Å²) in [5.41, 5.74) is 1.20. The van der Waals surface area contributed by atoms with E-state index < -0.39 is 12.1 Å². The molecule has 0 spiro atoms. The van der Waals surface area contributed by atoms with Crippen LogP contribution in [0.3, 0.4) is 0 Å². The molecule has 1 atom stereocenters. The number of rotatable bonds is 5. The number of piperidine rings is 2. The van der Waals surface area contributed by atoms with Crippen molar-refractivity contribution in [2.45, 2.75) is 37.7 Å². The second-order valence-electron chi connectivity index (χ2n) is 6.57. The van der Waals surface area contributed by atoms with Gasteiger partial charge in [0.25, 0.3) is 5.91 Å². The largest absolute Gasteiger partial charge is 0.481 e. The van der Waals surface area contributed by atoms with E-state index in [1.54, 1.807) is 0 Å². The van der Waals surface area contributed by atoms with Gasteiger partial charge in [0.2, 0.25) is 5.91 Å². The molecule has 2 saturated heterocycles. The van der Waals surface area contributed by atoms with Crippen molar-refractivity contribution >= 4 is 30.2 Å². The molecule has 0 aliphatic carbocycles. The molecule has 0 aromatic heterocycles. The van der Waals surface area contributed by atoms with E-state index in [1.807, 2.05) is 29.2 Å². The number of nitrogens with one attached hydrogen (secondary N) is 1. The van der Waals surface area contributed by atoms with E-state index in [1.165, 1.54) is 5.56 Å². The number of amides is 2. The Bertz CT molecular complexity index is 656. The topological polar surface area (TPSA) is 95.9 Å². The Balaban J connectivity index is 0.00000243. The van der Waals surface area contributed by atoms with Gasteiger partial charge in [-0.25, -0.2) is 0 Å². The maximum Gasteiger partial charge on any atom is 0.317 e. The minimum Gasteiger partial charge on any atom is -0.481 e. The third-order valence-corrected chi connectivity index (χ3v) is 4.76. The number of aliphatic carboxylic acids is 1. The number of imide groups is 1. The molecule has 1 unspecified atom stereocenters. The van der Waals surface area contributed by atoms with E-state index >= 15 is 0 Å². The highest BCUT2D eigenvalue weighted by Gasteiger charge is 2.28. The molecule has 0 bridgehead atoms. The zero-order chi connectivity index (χ0) is 17.8. The Morgan fingerprint density at radius 1 is 1.15 bits per heavy atom. The highest BCUT2D eigenvalue weighted by molar-refractivity contribution is 5.99. The van der Waals surface area contributed by atoms with Crippen LogP contribution >= 0.6 is 12.4 Å². The molecule has 2 aliphatic rings. The molecule has 2 amide bonds. The SMILES string of the molecule is Cl.O=C(O)CN1CCC(c2ccc(OC3CCC(=O)NC3=O)cc2)CC1. The lowest BCUT2D eigenvalue weighted by Gasteiger charge is -2.31. The van der Waals surface area contributed by atoms with Gasteiger partial charge in [-0.15, -0.1) is 12.4 Å². The number of halogens is 1. The lowest BCUT2D eigenvalue weighted by Crippen LogP contribution is -2.46. The number of nitrogens with zero attached hydrogens (tertiary/aromatic N) is 1. The summed E-state index contributed by atoms with van der Waals surface area (Å²) in [4.78, 5) is 35.6. The van der Waals surface area contributed by atoms with Crippen molar-refractivity contribution in [3.8, 4) is 5.75 Å². The first-order valence-electron chi connectivity index (χ1n) is 8.56. The van der Waals surface area contributed by atoms with Crippen LogP contribution in [-0.2, 0) is 14.4 Å². The predicted molar refractivity (Wildman–Crippen MR) is 96.5 cm³/mol. The van der Waals surface area contributed by atoms with E-state index in [0.717, 1.165) is 25.9 Å². The zero-order valence-electron chi connectivity index (χ0n) is 14.3. The van der Waals surface area contributed by atoms with Crippen LogP contribution < -0.4 is 10.1 Å². The Morgan fingerprint density at radius 3 is 2.38 bits per heavy atom. The van der Waals surface area contributed by atoms with Gasteiger partial charge < -0.3 is 9.84 Å². The van der Waals surface area contributed by atoms with Gasteiger partial charge in [-0.05, 0) is 49.5 Å². The van der Waals surface area contributed by atoms with Crippen molar-refractivity contribution in [1.29, 1.82) is 0 Å². The second kappa shape index (κ2) is 9.00. The first-order chi connectivity index (χ1) is 12.0.